The third-order valence-electron chi connectivity index (χ3n) is 3.71. The van der Waals surface area contributed by atoms with Crippen LogP contribution in [0.3, 0.4) is 0 Å². The smallest absolute Gasteiger partial charge is 0.418 e. The third-order valence-corrected chi connectivity index (χ3v) is 3.71. The van der Waals surface area contributed by atoms with Crippen molar-refractivity contribution in [2.75, 3.05) is 5.32 Å². The van der Waals surface area contributed by atoms with Crippen LogP contribution in [0.25, 0.3) is 0 Å². The number of fused-ring (bicyclic) bond motifs is 1. The van der Waals surface area contributed by atoms with Crippen LogP contribution in [0.5, 0.6) is 5.75 Å². The summed E-state index contributed by atoms with van der Waals surface area (Å²) < 4.78 is 44.8. The number of amides is 1. The van der Waals surface area contributed by atoms with Gasteiger partial charge in [-0.25, -0.2) is 0 Å². The molecule has 0 radical (unpaired) electrons. The molecule has 0 spiro atoms. The molecule has 126 valence electrons. The monoisotopic (exact) mass is 336 g/mol. The van der Waals surface area contributed by atoms with Gasteiger partial charge in [-0.15, -0.1) is 0 Å². The van der Waals surface area contributed by atoms with Crippen LogP contribution in [-0.2, 0) is 12.6 Å². The number of carbonyl (C=O) groups is 1. The number of para-hydroxylation sites is 1. The molecule has 0 aliphatic carbocycles. The second kappa shape index (κ2) is 5.51. The summed E-state index contributed by atoms with van der Waals surface area (Å²) in [4.78, 5) is 16.1. The lowest BCUT2D eigenvalue weighted by atomic mass is 10.0. The van der Waals surface area contributed by atoms with E-state index in [1.807, 2.05) is 19.9 Å². The molecule has 4 nitrogen and oxygen atoms in total. The van der Waals surface area contributed by atoms with Crippen molar-refractivity contribution in [2.45, 2.75) is 32.0 Å². The van der Waals surface area contributed by atoms with E-state index in [9.17, 15) is 18.0 Å². The Hall–Kier alpha value is -2.57. The SMILES string of the molecule is CC1(C)Cc2cccc(C(=O)Nc3cnccc3C(F)(F)F)c2O1. The van der Waals surface area contributed by atoms with Gasteiger partial charge in [-0.1, -0.05) is 12.1 Å². The zero-order chi connectivity index (χ0) is 17.5. The molecule has 0 saturated heterocycles. The van der Waals surface area contributed by atoms with Crippen molar-refractivity contribution >= 4 is 11.6 Å². The molecular weight excluding hydrogens is 321 g/mol. The molecule has 3 rings (SSSR count). The van der Waals surface area contributed by atoms with Crippen molar-refractivity contribution in [3.05, 3.63) is 53.3 Å². The molecule has 1 aromatic heterocycles. The first-order valence-corrected chi connectivity index (χ1v) is 7.31. The minimum absolute atomic E-state index is 0.204. The molecular formula is C17H15F3N2O2. The number of rotatable bonds is 2. The molecule has 24 heavy (non-hydrogen) atoms. The second-order valence-corrected chi connectivity index (χ2v) is 6.21. The second-order valence-electron chi connectivity index (χ2n) is 6.21. The number of aromatic nitrogens is 1. The van der Waals surface area contributed by atoms with Crippen LogP contribution >= 0.6 is 0 Å². The number of pyridine rings is 1. The number of nitrogens with zero attached hydrogens (tertiary/aromatic N) is 1. The lowest BCUT2D eigenvalue weighted by Gasteiger charge is -2.18. The molecule has 2 aromatic rings. The van der Waals surface area contributed by atoms with Crippen LogP contribution in [0.15, 0.2) is 36.7 Å². The molecule has 1 aromatic carbocycles. The van der Waals surface area contributed by atoms with E-state index >= 15 is 0 Å². The van der Waals surface area contributed by atoms with Crippen LogP contribution in [0, 0.1) is 0 Å². The molecule has 1 aliphatic heterocycles. The molecule has 7 heteroatoms. The summed E-state index contributed by atoms with van der Waals surface area (Å²) in [6.45, 7) is 3.77. The molecule has 0 atom stereocenters. The molecule has 0 bridgehead atoms. The Bertz CT molecular complexity index is 801. The minimum Gasteiger partial charge on any atom is -0.486 e. The fourth-order valence-corrected chi connectivity index (χ4v) is 2.73. The maximum atomic E-state index is 13.0. The van der Waals surface area contributed by atoms with Crippen LogP contribution in [0.2, 0.25) is 0 Å². The number of alkyl halides is 3. The van der Waals surface area contributed by atoms with Crippen LogP contribution in [0.4, 0.5) is 18.9 Å². The van der Waals surface area contributed by atoms with Crippen molar-refractivity contribution in [3.63, 3.8) is 0 Å². The summed E-state index contributed by atoms with van der Waals surface area (Å²) in [5.41, 5.74) is -0.723. The third kappa shape index (κ3) is 3.06. The van der Waals surface area contributed by atoms with Gasteiger partial charge >= 0.3 is 6.18 Å². The lowest BCUT2D eigenvalue weighted by Crippen LogP contribution is -2.25. The molecule has 1 N–H and O–H groups in total. The lowest BCUT2D eigenvalue weighted by molar-refractivity contribution is -0.137. The molecule has 0 unspecified atom stereocenters. The van der Waals surface area contributed by atoms with Gasteiger partial charge in [0.2, 0.25) is 0 Å². The van der Waals surface area contributed by atoms with E-state index in [1.54, 1.807) is 6.07 Å². The normalized spacial score (nSPS) is 15.5. The van der Waals surface area contributed by atoms with E-state index in [4.69, 9.17) is 4.74 Å². The Balaban J connectivity index is 1.93. The number of hydrogen-bond acceptors (Lipinski definition) is 3. The number of benzene rings is 1. The Morgan fingerprint density at radius 3 is 2.75 bits per heavy atom. The Morgan fingerprint density at radius 1 is 1.29 bits per heavy atom. The van der Waals surface area contributed by atoms with Gasteiger partial charge in [-0.2, -0.15) is 13.2 Å². The predicted octanol–water partition coefficient (Wildman–Crippen LogP) is 4.07. The van der Waals surface area contributed by atoms with Gasteiger partial charge in [0.25, 0.3) is 5.91 Å². The molecule has 0 saturated carbocycles. The summed E-state index contributed by atoms with van der Waals surface area (Å²) in [7, 11) is 0. The number of halogens is 3. The average Bonchev–Trinajstić information content (AvgIpc) is 2.80. The topological polar surface area (TPSA) is 51.2 Å². The first kappa shape index (κ1) is 16.3. The van der Waals surface area contributed by atoms with Crippen molar-refractivity contribution in [1.29, 1.82) is 0 Å². The quantitative estimate of drug-likeness (QED) is 0.899. The number of carbonyl (C=O) groups excluding carboxylic acids is 1. The molecule has 0 fully saturated rings. The zero-order valence-electron chi connectivity index (χ0n) is 13.1. The molecule has 1 amide bonds. The average molecular weight is 336 g/mol. The Kier molecular flexibility index (Phi) is 3.74. The first-order valence-electron chi connectivity index (χ1n) is 7.31. The van der Waals surface area contributed by atoms with Crippen LogP contribution < -0.4 is 10.1 Å². The fourth-order valence-electron chi connectivity index (χ4n) is 2.73. The summed E-state index contributed by atoms with van der Waals surface area (Å²) >= 11 is 0. The van der Waals surface area contributed by atoms with Crippen molar-refractivity contribution < 1.29 is 22.7 Å². The van der Waals surface area contributed by atoms with E-state index in [1.165, 1.54) is 6.07 Å². The summed E-state index contributed by atoms with van der Waals surface area (Å²) in [6.07, 6.45) is -1.94. The van der Waals surface area contributed by atoms with Crippen molar-refractivity contribution in [1.82, 2.24) is 4.98 Å². The minimum atomic E-state index is -4.58. The van der Waals surface area contributed by atoms with E-state index < -0.39 is 23.2 Å². The highest BCUT2D eigenvalue weighted by Crippen LogP contribution is 2.38. The summed E-state index contributed by atoms with van der Waals surface area (Å²) in [5, 5.41) is 2.29. The highest BCUT2D eigenvalue weighted by atomic mass is 19.4. The summed E-state index contributed by atoms with van der Waals surface area (Å²) in [5.74, 6) is -0.250. The highest BCUT2D eigenvalue weighted by molar-refractivity contribution is 6.07. The maximum absolute atomic E-state index is 13.0. The number of nitrogens with one attached hydrogen (secondary N) is 1. The van der Waals surface area contributed by atoms with Gasteiger partial charge in [0, 0.05) is 12.6 Å². The highest BCUT2D eigenvalue weighted by Gasteiger charge is 2.35. The van der Waals surface area contributed by atoms with Gasteiger partial charge in [0.1, 0.15) is 11.4 Å². The first-order chi connectivity index (χ1) is 11.2. The zero-order valence-corrected chi connectivity index (χ0v) is 13.1. The van der Waals surface area contributed by atoms with Gasteiger partial charge in [0.05, 0.1) is 23.0 Å². The van der Waals surface area contributed by atoms with Gasteiger partial charge < -0.3 is 10.1 Å². The largest absolute Gasteiger partial charge is 0.486 e. The number of anilines is 1. The van der Waals surface area contributed by atoms with Crippen LogP contribution in [-0.4, -0.2) is 16.5 Å². The molecule has 1 aliphatic rings. The van der Waals surface area contributed by atoms with Gasteiger partial charge in [-0.05, 0) is 31.5 Å². The predicted molar refractivity (Wildman–Crippen MR) is 82.0 cm³/mol. The Labute approximate surface area is 136 Å². The Morgan fingerprint density at radius 2 is 2.04 bits per heavy atom. The van der Waals surface area contributed by atoms with E-state index in [0.717, 1.165) is 24.0 Å². The number of hydrogen-bond donors (Lipinski definition) is 1. The van der Waals surface area contributed by atoms with E-state index in [-0.39, 0.29) is 11.3 Å². The van der Waals surface area contributed by atoms with E-state index in [0.29, 0.717) is 12.2 Å². The number of ether oxygens (including phenoxy) is 1. The van der Waals surface area contributed by atoms with Crippen molar-refractivity contribution in [2.24, 2.45) is 0 Å². The van der Waals surface area contributed by atoms with Crippen molar-refractivity contribution in [3.8, 4) is 5.75 Å². The summed E-state index contributed by atoms with van der Waals surface area (Å²) in [6, 6.07) is 5.88. The van der Waals surface area contributed by atoms with Gasteiger partial charge in [-0.3, -0.25) is 9.78 Å². The standard InChI is InChI=1S/C17H15F3N2O2/c1-16(2)8-10-4-3-5-11(14(10)24-16)15(23)22-13-9-21-7-6-12(13)17(18,19)20/h3-7,9H,8H2,1-2H3,(H,22,23). The van der Waals surface area contributed by atoms with E-state index in [2.05, 4.69) is 10.3 Å². The van der Waals surface area contributed by atoms with Gasteiger partial charge in [0.15, 0.2) is 0 Å². The maximum Gasteiger partial charge on any atom is 0.418 e. The van der Waals surface area contributed by atoms with Crippen LogP contribution in [0.1, 0.15) is 35.3 Å². The fraction of sp³-hybridized carbons (Fsp3) is 0.294. The molecule has 2 heterocycles.